The summed E-state index contributed by atoms with van der Waals surface area (Å²) in [4.78, 5) is 47.4. The summed E-state index contributed by atoms with van der Waals surface area (Å²) in [5.41, 5.74) is 7.15. The Balaban J connectivity index is 2.14. The molecule has 0 saturated heterocycles. The molecule has 0 aliphatic heterocycles. The van der Waals surface area contributed by atoms with E-state index < -0.39 is 11.2 Å². The van der Waals surface area contributed by atoms with Crippen LogP contribution in [0.15, 0.2) is 40.1 Å². The maximum atomic E-state index is 13.9. The highest BCUT2D eigenvalue weighted by molar-refractivity contribution is 6.08. The first-order valence-electron chi connectivity index (χ1n) is 11.7. The van der Waals surface area contributed by atoms with Gasteiger partial charge in [-0.2, -0.15) is 0 Å². The number of carbonyl (C=O) groups is 1. The number of rotatable bonds is 9. The van der Waals surface area contributed by atoms with Crippen molar-refractivity contribution >= 4 is 17.4 Å². The third-order valence-corrected chi connectivity index (χ3v) is 5.93. The van der Waals surface area contributed by atoms with Crippen LogP contribution in [0, 0.1) is 19.8 Å². The lowest BCUT2D eigenvalue weighted by Crippen LogP contribution is -2.42. The van der Waals surface area contributed by atoms with Crippen LogP contribution in [-0.2, 0) is 6.54 Å². The van der Waals surface area contributed by atoms with Crippen LogP contribution >= 0.6 is 0 Å². The fraction of sp³-hybridized carbons (Fsp3) is 0.440. The van der Waals surface area contributed by atoms with Gasteiger partial charge < -0.3 is 15.2 Å². The molecule has 1 amide bonds. The van der Waals surface area contributed by atoms with Crippen molar-refractivity contribution in [2.24, 2.45) is 5.92 Å². The first-order chi connectivity index (χ1) is 16.2. The van der Waals surface area contributed by atoms with Crippen LogP contribution in [-0.4, -0.2) is 31.6 Å². The van der Waals surface area contributed by atoms with Crippen molar-refractivity contribution in [3.63, 3.8) is 0 Å². The Morgan fingerprint density at radius 1 is 1.24 bits per heavy atom. The average molecular weight is 467 g/mol. The lowest BCUT2D eigenvalue weighted by molar-refractivity contribution is 0.0985. The van der Waals surface area contributed by atoms with E-state index in [1.807, 2.05) is 57.4 Å². The van der Waals surface area contributed by atoms with Crippen LogP contribution in [0.4, 0.5) is 11.5 Å². The summed E-state index contributed by atoms with van der Waals surface area (Å²) in [5.74, 6) is 0.671. The number of nitrogens with one attached hydrogen (secondary N) is 1. The molecule has 182 valence electrons. The van der Waals surface area contributed by atoms with E-state index in [9.17, 15) is 14.4 Å². The Labute approximate surface area is 199 Å². The first-order valence-corrected chi connectivity index (χ1v) is 11.7. The largest absolute Gasteiger partial charge is 0.383 e. The minimum atomic E-state index is -0.661. The van der Waals surface area contributed by atoms with E-state index in [4.69, 9.17) is 5.73 Å². The number of carbonyl (C=O) groups excluding carboxylic acids is 1. The Morgan fingerprint density at radius 2 is 1.97 bits per heavy atom. The number of pyridine rings is 1. The second kappa shape index (κ2) is 10.5. The minimum Gasteiger partial charge on any atom is -0.383 e. The summed E-state index contributed by atoms with van der Waals surface area (Å²) in [6.45, 7) is 10.5. The van der Waals surface area contributed by atoms with Gasteiger partial charge in [0, 0.05) is 30.7 Å². The number of hydrogen-bond acceptors (Lipinski definition) is 5. The number of aromatic nitrogens is 4. The van der Waals surface area contributed by atoms with E-state index in [0.717, 1.165) is 18.5 Å². The molecular weight excluding hydrogens is 432 g/mol. The lowest BCUT2D eigenvalue weighted by atomic mass is 10.1. The zero-order valence-corrected chi connectivity index (χ0v) is 20.6. The second-order valence-electron chi connectivity index (χ2n) is 8.95. The molecule has 0 atom stereocenters. The van der Waals surface area contributed by atoms with Gasteiger partial charge in [0.15, 0.2) is 5.69 Å². The topological polar surface area (TPSA) is 119 Å². The van der Waals surface area contributed by atoms with Crippen LogP contribution in [0.3, 0.4) is 0 Å². The highest BCUT2D eigenvalue weighted by atomic mass is 16.2. The van der Waals surface area contributed by atoms with E-state index in [0.29, 0.717) is 42.5 Å². The molecule has 0 saturated carbocycles. The number of nitrogens with two attached hydrogens (primary N) is 1. The Bertz CT molecular complexity index is 1270. The van der Waals surface area contributed by atoms with Gasteiger partial charge in [-0.3, -0.25) is 19.1 Å². The third kappa shape index (κ3) is 4.98. The highest BCUT2D eigenvalue weighted by Gasteiger charge is 2.28. The SMILES string of the molecule is CCCCn1c(N)c(N(CCC(C)C)C(=O)c2cc(C)n(-c3ccccn3)c2C)c(=O)[nH]c1=O. The zero-order chi connectivity index (χ0) is 25.0. The summed E-state index contributed by atoms with van der Waals surface area (Å²) < 4.78 is 3.25. The molecule has 0 spiro atoms. The van der Waals surface area contributed by atoms with E-state index in [-0.39, 0.29) is 17.4 Å². The summed E-state index contributed by atoms with van der Waals surface area (Å²) in [5, 5.41) is 0. The van der Waals surface area contributed by atoms with Gasteiger partial charge in [-0.1, -0.05) is 33.3 Å². The molecule has 0 aliphatic carbocycles. The number of aryl methyl sites for hydroxylation is 1. The first kappa shape index (κ1) is 25.0. The van der Waals surface area contributed by atoms with Crippen LogP contribution in [0.2, 0.25) is 0 Å². The monoisotopic (exact) mass is 466 g/mol. The molecule has 3 aromatic rings. The van der Waals surface area contributed by atoms with Gasteiger partial charge >= 0.3 is 5.69 Å². The molecule has 3 rings (SSSR count). The molecule has 34 heavy (non-hydrogen) atoms. The Morgan fingerprint density at radius 3 is 2.59 bits per heavy atom. The van der Waals surface area contributed by atoms with Gasteiger partial charge in [-0.25, -0.2) is 9.78 Å². The van der Waals surface area contributed by atoms with Gasteiger partial charge in [0.25, 0.3) is 11.5 Å². The van der Waals surface area contributed by atoms with Crippen molar-refractivity contribution in [3.05, 3.63) is 68.3 Å². The number of anilines is 2. The molecule has 0 bridgehead atoms. The molecule has 0 fully saturated rings. The van der Waals surface area contributed by atoms with E-state index in [1.165, 1.54) is 9.47 Å². The van der Waals surface area contributed by atoms with Gasteiger partial charge in [-0.15, -0.1) is 0 Å². The smallest absolute Gasteiger partial charge is 0.330 e. The predicted octanol–water partition coefficient (Wildman–Crippen LogP) is 3.41. The zero-order valence-electron chi connectivity index (χ0n) is 20.6. The van der Waals surface area contributed by atoms with E-state index in [1.54, 1.807) is 12.3 Å². The van der Waals surface area contributed by atoms with Crippen molar-refractivity contribution in [2.45, 2.75) is 60.4 Å². The van der Waals surface area contributed by atoms with Gasteiger partial charge in [0.1, 0.15) is 11.6 Å². The fourth-order valence-electron chi connectivity index (χ4n) is 4.04. The molecule has 0 aliphatic rings. The molecule has 0 aromatic carbocycles. The van der Waals surface area contributed by atoms with Crippen molar-refractivity contribution in [1.29, 1.82) is 0 Å². The molecule has 3 aromatic heterocycles. The number of aromatic amines is 1. The number of H-pyrrole nitrogens is 1. The Hall–Kier alpha value is -3.62. The molecule has 0 unspecified atom stereocenters. The van der Waals surface area contributed by atoms with Crippen molar-refractivity contribution in [3.8, 4) is 5.82 Å². The highest BCUT2D eigenvalue weighted by Crippen LogP contribution is 2.25. The van der Waals surface area contributed by atoms with Gasteiger partial charge in [0.2, 0.25) is 0 Å². The molecule has 3 N–H and O–H groups in total. The number of nitrogens with zero attached hydrogens (tertiary/aromatic N) is 4. The summed E-state index contributed by atoms with van der Waals surface area (Å²) >= 11 is 0. The summed E-state index contributed by atoms with van der Waals surface area (Å²) in [6, 6.07) is 7.39. The van der Waals surface area contributed by atoms with Crippen molar-refractivity contribution in [1.82, 2.24) is 19.1 Å². The number of unbranched alkanes of at least 4 members (excludes halogenated alkanes) is 1. The minimum absolute atomic E-state index is 0.0119. The molecule has 0 radical (unpaired) electrons. The molecule has 9 nitrogen and oxygen atoms in total. The third-order valence-electron chi connectivity index (χ3n) is 5.93. The fourth-order valence-corrected chi connectivity index (χ4v) is 4.04. The van der Waals surface area contributed by atoms with Crippen LogP contribution < -0.4 is 21.9 Å². The van der Waals surface area contributed by atoms with Crippen molar-refractivity contribution < 1.29 is 4.79 Å². The number of amides is 1. The van der Waals surface area contributed by atoms with Crippen LogP contribution in [0.25, 0.3) is 5.82 Å². The maximum Gasteiger partial charge on any atom is 0.330 e. The number of hydrogen-bond donors (Lipinski definition) is 2. The second-order valence-corrected chi connectivity index (χ2v) is 8.95. The normalized spacial score (nSPS) is 11.2. The van der Waals surface area contributed by atoms with Crippen molar-refractivity contribution in [2.75, 3.05) is 17.2 Å². The van der Waals surface area contributed by atoms with E-state index in [2.05, 4.69) is 9.97 Å². The van der Waals surface area contributed by atoms with Gasteiger partial charge in [0.05, 0.1) is 5.56 Å². The average Bonchev–Trinajstić information content (AvgIpc) is 3.09. The molecule has 9 heteroatoms. The lowest BCUT2D eigenvalue weighted by Gasteiger charge is -2.25. The molecule has 3 heterocycles. The number of nitrogen functional groups attached to an aromatic ring is 1. The Kier molecular flexibility index (Phi) is 7.75. The van der Waals surface area contributed by atoms with Gasteiger partial charge in [-0.05, 0) is 50.8 Å². The maximum absolute atomic E-state index is 13.9. The quantitative estimate of drug-likeness (QED) is 0.501. The predicted molar refractivity (Wildman–Crippen MR) is 135 cm³/mol. The molecular formula is C25H34N6O3. The van der Waals surface area contributed by atoms with E-state index >= 15 is 0 Å². The van der Waals surface area contributed by atoms with Crippen LogP contribution in [0.1, 0.15) is 61.8 Å². The summed E-state index contributed by atoms with van der Waals surface area (Å²) in [7, 11) is 0. The standard InChI is InChI=1S/C25H34N6O3/c1-6-7-13-30-22(26)21(23(32)28-25(30)34)29(14-11-16(2)3)24(33)19-15-17(4)31(18(19)5)20-10-8-9-12-27-20/h8-10,12,15-16H,6-7,11,13-14,26H2,1-5H3,(H,28,32,34). The summed E-state index contributed by atoms with van der Waals surface area (Å²) in [6.07, 6.45) is 3.94. The van der Waals surface area contributed by atoms with Crippen LogP contribution in [0.5, 0.6) is 0 Å².